The van der Waals surface area contributed by atoms with Gasteiger partial charge in [-0.1, -0.05) is 12.8 Å². The highest BCUT2D eigenvalue weighted by atomic mass is 14.9. The summed E-state index contributed by atoms with van der Waals surface area (Å²) < 4.78 is 0. The molecule has 1 aliphatic rings. The molecule has 0 saturated heterocycles. The van der Waals surface area contributed by atoms with E-state index >= 15 is 0 Å². The molecular formula is C7H15N2-. The highest BCUT2D eigenvalue weighted by Crippen LogP contribution is 2.21. The summed E-state index contributed by atoms with van der Waals surface area (Å²) in [6.07, 6.45) is 4.75. The van der Waals surface area contributed by atoms with Gasteiger partial charge in [-0.2, -0.15) is 7.05 Å². The Hall–Kier alpha value is -0.0800. The molecule has 0 aromatic heterocycles. The molecule has 1 aliphatic carbocycles. The van der Waals surface area contributed by atoms with Crippen LogP contribution in [-0.2, 0) is 0 Å². The van der Waals surface area contributed by atoms with E-state index in [1.165, 1.54) is 25.7 Å². The zero-order chi connectivity index (χ0) is 6.69. The van der Waals surface area contributed by atoms with E-state index in [0.717, 1.165) is 0 Å². The lowest BCUT2D eigenvalue weighted by molar-refractivity contribution is 0.418. The predicted octanol–water partition coefficient (Wildman–Crippen LogP) is 1.26. The highest BCUT2D eigenvalue weighted by molar-refractivity contribution is 4.90. The van der Waals surface area contributed by atoms with Gasteiger partial charge in [-0.15, -0.1) is 6.04 Å². The zero-order valence-corrected chi connectivity index (χ0v) is 6.01. The van der Waals surface area contributed by atoms with Crippen molar-refractivity contribution in [3.8, 4) is 0 Å². The van der Waals surface area contributed by atoms with Crippen LogP contribution in [0, 0.1) is 0 Å². The Bertz CT molecular complexity index is 75.0. The minimum atomic E-state index is 0.461. The monoisotopic (exact) mass is 127 g/mol. The quantitative estimate of drug-likeness (QED) is 0.566. The van der Waals surface area contributed by atoms with Crippen molar-refractivity contribution in [2.75, 3.05) is 7.05 Å². The number of nitrogens with zero attached hydrogens (tertiary/aromatic N) is 1. The van der Waals surface area contributed by atoms with Gasteiger partial charge >= 0.3 is 0 Å². The smallest absolute Gasteiger partial charge is 0.00377 e. The standard InChI is InChI=1S/C7H15N2/c1-9-7-4-2-6(8)3-5-7/h6-7H,2-5,8H2,1H3/q-1. The predicted molar refractivity (Wildman–Crippen MR) is 39.5 cm³/mol. The molecule has 0 aliphatic heterocycles. The van der Waals surface area contributed by atoms with Crippen LogP contribution in [0.3, 0.4) is 0 Å². The fourth-order valence-corrected chi connectivity index (χ4v) is 1.36. The van der Waals surface area contributed by atoms with E-state index < -0.39 is 0 Å². The van der Waals surface area contributed by atoms with Crippen molar-refractivity contribution in [1.82, 2.24) is 0 Å². The third kappa shape index (κ3) is 1.95. The highest BCUT2D eigenvalue weighted by Gasteiger charge is 2.10. The van der Waals surface area contributed by atoms with Gasteiger partial charge in [0.2, 0.25) is 0 Å². The average molecular weight is 127 g/mol. The van der Waals surface area contributed by atoms with Gasteiger partial charge in [0.25, 0.3) is 0 Å². The Morgan fingerprint density at radius 2 is 1.78 bits per heavy atom. The lowest BCUT2D eigenvalue weighted by atomic mass is 9.92. The van der Waals surface area contributed by atoms with E-state index in [-0.39, 0.29) is 0 Å². The molecule has 0 unspecified atom stereocenters. The molecule has 0 amide bonds. The van der Waals surface area contributed by atoms with Crippen molar-refractivity contribution in [3.05, 3.63) is 5.32 Å². The normalized spacial score (nSPS) is 36.7. The van der Waals surface area contributed by atoms with Gasteiger partial charge in [0.15, 0.2) is 0 Å². The first kappa shape index (κ1) is 7.03. The molecule has 2 nitrogen and oxygen atoms in total. The molecule has 9 heavy (non-hydrogen) atoms. The third-order valence-electron chi connectivity index (χ3n) is 2.11. The third-order valence-corrected chi connectivity index (χ3v) is 2.11. The van der Waals surface area contributed by atoms with Crippen molar-refractivity contribution >= 4 is 0 Å². The Morgan fingerprint density at radius 3 is 2.22 bits per heavy atom. The van der Waals surface area contributed by atoms with Crippen molar-refractivity contribution < 1.29 is 0 Å². The maximum atomic E-state index is 5.71. The minimum absolute atomic E-state index is 0.461. The number of rotatable bonds is 1. The molecule has 2 heteroatoms. The Kier molecular flexibility index (Phi) is 2.49. The number of nitrogens with two attached hydrogens (primary N) is 1. The average Bonchev–Trinajstić information content (AvgIpc) is 1.90. The van der Waals surface area contributed by atoms with E-state index in [1.807, 2.05) is 7.05 Å². The van der Waals surface area contributed by atoms with Crippen molar-refractivity contribution in [2.24, 2.45) is 5.73 Å². The summed E-state index contributed by atoms with van der Waals surface area (Å²) in [5.41, 5.74) is 5.71. The molecule has 2 N–H and O–H groups in total. The van der Waals surface area contributed by atoms with Crippen LogP contribution in [-0.4, -0.2) is 19.1 Å². The first-order valence-electron chi connectivity index (χ1n) is 3.67. The molecule has 0 radical (unpaired) electrons. The maximum absolute atomic E-state index is 5.71. The van der Waals surface area contributed by atoms with Gasteiger partial charge in [0, 0.05) is 6.04 Å². The molecule has 0 bridgehead atoms. The van der Waals surface area contributed by atoms with E-state index in [0.29, 0.717) is 12.1 Å². The molecular weight excluding hydrogens is 112 g/mol. The van der Waals surface area contributed by atoms with Crippen LogP contribution in [0.25, 0.3) is 5.32 Å². The molecule has 1 fully saturated rings. The summed E-state index contributed by atoms with van der Waals surface area (Å²) in [5, 5.41) is 4.23. The fraction of sp³-hybridized carbons (Fsp3) is 1.00. The Morgan fingerprint density at radius 1 is 1.22 bits per heavy atom. The topological polar surface area (TPSA) is 40.1 Å². The van der Waals surface area contributed by atoms with Gasteiger partial charge in [-0.3, -0.25) is 0 Å². The molecule has 0 heterocycles. The second-order valence-corrected chi connectivity index (χ2v) is 2.83. The van der Waals surface area contributed by atoms with Crippen LogP contribution in [0.4, 0.5) is 0 Å². The second-order valence-electron chi connectivity index (χ2n) is 2.83. The summed E-state index contributed by atoms with van der Waals surface area (Å²) >= 11 is 0. The summed E-state index contributed by atoms with van der Waals surface area (Å²) in [7, 11) is 1.90. The van der Waals surface area contributed by atoms with E-state index in [2.05, 4.69) is 5.32 Å². The van der Waals surface area contributed by atoms with Crippen molar-refractivity contribution in [2.45, 2.75) is 37.8 Å². The second kappa shape index (κ2) is 3.18. The van der Waals surface area contributed by atoms with Crippen LogP contribution in [0.15, 0.2) is 0 Å². The molecule has 54 valence electrons. The first-order valence-corrected chi connectivity index (χ1v) is 3.67. The summed E-state index contributed by atoms with van der Waals surface area (Å²) in [4.78, 5) is 0. The lowest BCUT2D eigenvalue weighted by Gasteiger charge is -2.34. The largest absolute Gasteiger partial charge is 0.662 e. The summed E-state index contributed by atoms with van der Waals surface area (Å²) in [6.45, 7) is 0. The fourth-order valence-electron chi connectivity index (χ4n) is 1.36. The lowest BCUT2D eigenvalue weighted by Crippen LogP contribution is -2.28. The van der Waals surface area contributed by atoms with Crippen LogP contribution < -0.4 is 5.73 Å². The molecule has 0 atom stereocenters. The zero-order valence-electron chi connectivity index (χ0n) is 6.01. The van der Waals surface area contributed by atoms with Crippen LogP contribution in [0.2, 0.25) is 0 Å². The molecule has 1 rings (SSSR count). The number of hydrogen-bond acceptors (Lipinski definition) is 1. The maximum Gasteiger partial charge on any atom is 0.00377 e. The van der Waals surface area contributed by atoms with Gasteiger partial charge in [-0.05, 0) is 12.8 Å². The van der Waals surface area contributed by atoms with Gasteiger partial charge in [0.1, 0.15) is 0 Å². The molecule has 0 spiro atoms. The van der Waals surface area contributed by atoms with Gasteiger partial charge in [0.05, 0.1) is 0 Å². The minimum Gasteiger partial charge on any atom is -0.662 e. The molecule has 1 saturated carbocycles. The van der Waals surface area contributed by atoms with Gasteiger partial charge < -0.3 is 11.1 Å². The Balaban J connectivity index is 2.18. The van der Waals surface area contributed by atoms with E-state index in [9.17, 15) is 0 Å². The summed E-state index contributed by atoms with van der Waals surface area (Å²) in [5.74, 6) is 0. The van der Waals surface area contributed by atoms with Crippen LogP contribution in [0.5, 0.6) is 0 Å². The van der Waals surface area contributed by atoms with Crippen molar-refractivity contribution in [1.29, 1.82) is 0 Å². The van der Waals surface area contributed by atoms with Crippen molar-refractivity contribution in [3.63, 3.8) is 0 Å². The van der Waals surface area contributed by atoms with Gasteiger partial charge in [-0.25, -0.2) is 0 Å². The Labute approximate surface area is 56.8 Å². The van der Waals surface area contributed by atoms with Crippen LogP contribution >= 0.6 is 0 Å². The number of hydrogen-bond donors (Lipinski definition) is 1. The molecule has 0 aromatic carbocycles. The van der Waals surface area contributed by atoms with E-state index in [4.69, 9.17) is 5.73 Å². The summed E-state index contributed by atoms with van der Waals surface area (Å²) in [6, 6.07) is 1.08. The first-order chi connectivity index (χ1) is 4.33. The molecule has 0 aromatic rings. The SMILES string of the molecule is C[N-]C1CCC(N)CC1. The van der Waals surface area contributed by atoms with Crippen LogP contribution in [0.1, 0.15) is 25.7 Å². The van der Waals surface area contributed by atoms with E-state index in [1.54, 1.807) is 0 Å².